The molecule has 1 aromatic carbocycles. The van der Waals surface area contributed by atoms with E-state index >= 15 is 0 Å². The van der Waals surface area contributed by atoms with Gasteiger partial charge >= 0.3 is 0 Å². The normalized spacial score (nSPS) is 10.1. The van der Waals surface area contributed by atoms with E-state index in [2.05, 4.69) is 26.5 Å². The lowest BCUT2D eigenvalue weighted by atomic mass is 10.1. The summed E-state index contributed by atoms with van der Waals surface area (Å²) >= 11 is 1.49. The van der Waals surface area contributed by atoms with E-state index in [0.717, 1.165) is 22.1 Å². The Kier molecular flexibility index (Phi) is 7.38. The number of anilines is 1. The molecule has 2 rings (SSSR count). The zero-order valence-electron chi connectivity index (χ0n) is 15.6. The van der Waals surface area contributed by atoms with Crippen molar-refractivity contribution < 1.29 is 9.59 Å². The van der Waals surface area contributed by atoms with Crippen molar-refractivity contribution in [2.75, 3.05) is 18.1 Å². The first-order valence-corrected chi connectivity index (χ1v) is 9.67. The SMILES string of the molecule is C#CCNC(=O)c1ccccc1NC(=O)CCc1c(C)nc(SC)nc1C. The summed E-state index contributed by atoms with van der Waals surface area (Å²) in [6.07, 6.45) is 7.89. The number of carbonyl (C=O) groups is 2. The van der Waals surface area contributed by atoms with Crippen LogP contribution in [0.5, 0.6) is 0 Å². The average Bonchev–Trinajstić information content (AvgIpc) is 2.65. The summed E-state index contributed by atoms with van der Waals surface area (Å²) in [5.41, 5.74) is 3.57. The summed E-state index contributed by atoms with van der Waals surface area (Å²) in [5.74, 6) is 1.85. The van der Waals surface area contributed by atoms with Crippen LogP contribution in [-0.2, 0) is 11.2 Å². The van der Waals surface area contributed by atoms with Gasteiger partial charge in [0.15, 0.2) is 5.16 Å². The molecule has 1 aromatic heterocycles. The van der Waals surface area contributed by atoms with Crippen molar-refractivity contribution in [2.24, 2.45) is 0 Å². The lowest BCUT2D eigenvalue weighted by molar-refractivity contribution is -0.116. The predicted molar refractivity (Wildman–Crippen MR) is 108 cm³/mol. The van der Waals surface area contributed by atoms with Crippen molar-refractivity contribution in [1.82, 2.24) is 15.3 Å². The van der Waals surface area contributed by atoms with Gasteiger partial charge in [0.05, 0.1) is 17.8 Å². The molecule has 0 fully saturated rings. The average molecular weight is 382 g/mol. The number of aromatic nitrogens is 2. The zero-order chi connectivity index (χ0) is 19.8. The van der Waals surface area contributed by atoms with E-state index < -0.39 is 0 Å². The quantitative estimate of drug-likeness (QED) is 0.437. The van der Waals surface area contributed by atoms with Crippen LogP contribution in [0.3, 0.4) is 0 Å². The summed E-state index contributed by atoms with van der Waals surface area (Å²) < 4.78 is 0. The molecule has 2 N–H and O–H groups in total. The maximum atomic E-state index is 12.4. The number of rotatable bonds is 7. The second-order valence-electron chi connectivity index (χ2n) is 5.84. The number of benzene rings is 1. The molecule has 0 aliphatic carbocycles. The van der Waals surface area contributed by atoms with Crippen LogP contribution in [0, 0.1) is 26.2 Å². The molecule has 1 heterocycles. The Morgan fingerprint density at radius 2 is 1.85 bits per heavy atom. The Bertz CT molecular complexity index is 867. The third kappa shape index (κ3) is 5.56. The third-order valence-electron chi connectivity index (χ3n) is 3.98. The van der Waals surface area contributed by atoms with Gasteiger partial charge in [0.2, 0.25) is 5.91 Å². The van der Waals surface area contributed by atoms with E-state index in [1.54, 1.807) is 24.3 Å². The van der Waals surface area contributed by atoms with Crippen molar-refractivity contribution in [3.05, 3.63) is 46.8 Å². The Balaban J connectivity index is 2.05. The number of thioether (sulfide) groups is 1. The molecule has 0 saturated heterocycles. The number of para-hydroxylation sites is 1. The molecule has 140 valence electrons. The molecule has 0 unspecified atom stereocenters. The van der Waals surface area contributed by atoms with Crippen LogP contribution in [0.2, 0.25) is 0 Å². The summed E-state index contributed by atoms with van der Waals surface area (Å²) in [6, 6.07) is 6.83. The van der Waals surface area contributed by atoms with Crippen LogP contribution < -0.4 is 10.6 Å². The molecule has 0 bridgehead atoms. The highest BCUT2D eigenvalue weighted by atomic mass is 32.2. The zero-order valence-corrected chi connectivity index (χ0v) is 16.4. The molecule has 2 aromatic rings. The van der Waals surface area contributed by atoms with Crippen LogP contribution in [0.4, 0.5) is 5.69 Å². The van der Waals surface area contributed by atoms with E-state index in [1.807, 2.05) is 20.1 Å². The second kappa shape index (κ2) is 9.74. The number of hydrogen-bond acceptors (Lipinski definition) is 5. The minimum Gasteiger partial charge on any atom is -0.341 e. The van der Waals surface area contributed by atoms with Gasteiger partial charge < -0.3 is 10.6 Å². The van der Waals surface area contributed by atoms with E-state index in [4.69, 9.17) is 6.42 Å². The third-order valence-corrected chi connectivity index (χ3v) is 4.53. The first-order chi connectivity index (χ1) is 13.0. The number of amides is 2. The van der Waals surface area contributed by atoms with Crippen molar-refractivity contribution >= 4 is 29.3 Å². The fourth-order valence-electron chi connectivity index (χ4n) is 2.63. The van der Waals surface area contributed by atoms with E-state index in [9.17, 15) is 9.59 Å². The number of nitrogens with one attached hydrogen (secondary N) is 2. The van der Waals surface area contributed by atoms with Crippen LogP contribution in [-0.4, -0.2) is 34.6 Å². The molecular weight excluding hydrogens is 360 g/mol. The van der Waals surface area contributed by atoms with Crippen molar-refractivity contribution in [3.63, 3.8) is 0 Å². The number of hydrogen-bond donors (Lipinski definition) is 2. The fraction of sp³-hybridized carbons (Fsp3) is 0.300. The number of aryl methyl sites for hydroxylation is 2. The summed E-state index contributed by atoms with van der Waals surface area (Å²) in [6.45, 7) is 3.98. The van der Waals surface area contributed by atoms with E-state index in [-0.39, 0.29) is 24.8 Å². The molecule has 0 atom stereocenters. The molecule has 0 spiro atoms. The van der Waals surface area contributed by atoms with Crippen molar-refractivity contribution in [3.8, 4) is 12.3 Å². The van der Waals surface area contributed by atoms with Gasteiger partial charge in [-0.1, -0.05) is 29.8 Å². The summed E-state index contributed by atoms with van der Waals surface area (Å²) in [5, 5.41) is 6.13. The Labute approximate surface area is 163 Å². The summed E-state index contributed by atoms with van der Waals surface area (Å²) in [7, 11) is 0. The first-order valence-electron chi connectivity index (χ1n) is 8.45. The van der Waals surface area contributed by atoms with Crippen molar-refractivity contribution in [2.45, 2.75) is 31.8 Å². The Hall–Kier alpha value is -2.85. The minimum absolute atomic E-state index is 0.131. The minimum atomic E-state index is -0.323. The molecule has 6 nitrogen and oxygen atoms in total. The van der Waals surface area contributed by atoms with E-state index in [0.29, 0.717) is 17.7 Å². The number of carbonyl (C=O) groups excluding carboxylic acids is 2. The highest BCUT2D eigenvalue weighted by Crippen LogP contribution is 2.19. The van der Waals surface area contributed by atoms with Gasteiger partial charge in [-0.25, -0.2) is 9.97 Å². The van der Waals surface area contributed by atoms with Gasteiger partial charge in [0, 0.05) is 17.8 Å². The predicted octanol–water partition coefficient (Wildman–Crippen LogP) is 2.75. The van der Waals surface area contributed by atoms with Crippen LogP contribution in [0.15, 0.2) is 29.4 Å². The van der Waals surface area contributed by atoms with Gasteiger partial charge in [-0.3, -0.25) is 9.59 Å². The molecule has 2 amide bonds. The molecule has 0 aliphatic rings. The Morgan fingerprint density at radius 3 is 2.48 bits per heavy atom. The van der Waals surface area contributed by atoms with E-state index in [1.165, 1.54) is 11.8 Å². The van der Waals surface area contributed by atoms with Crippen LogP contribution in [0.25, 0.3) is 0 Å². The lowest BCUT2D eigenvalue weighted by Crippen LogP contribution is -2.25. The topological polar surface area (TPSA) is 84.0 Å². The summed E-state index contributed by atoms with van der Waals surface area (Å²) in [4.78, 5) is 33.4. The molecule has 0 aliphatic heterocycles. The molecule has 0 radical (unpaired) electrons. The highest BCUT2D eigenvalue weighted by Gasteiger charge is 2.14. The van der Waals surface area contributed by atoms with Crippen LogP contribution in [0.1, 0.15) is 33.7 Å². The maximum absolute atomic E-state index is 12.4. The van der Waals surface area contributed by atoms with Gasteiger partial charge in [0.25, 0.3) is 5.91 Å². The van der Waals surface area contributed by atoms with Gasteiger partial charge in [-0.2, -0.15) is 0 Å². The monoisotopic (exact) mass is 382 g/mol. The molecule has 0 saturated carbocycles. The van der Waals surface area contributed by atoms with Gasteiger partial charge in [0.1, 0.15) is 0 Å². The van der Waals surface area contributed by atoms with Crippen molar-refractivity contribution in [1.29, 1.82) is 0 Å². The Morgan fingerprint density at radius 1 is 1.19 bits per heavy atom. The van der Waals surface area contributed by atoms with Gasteiger partial charge in [-0.05, 0) is 44.2 Å². The van der Waals surface area contributed by atoms with Gasteiger partial charge in [-0.15, -0.1) is 6.42 Å². The largest absolute Gasteiger partial charge is 0.341 e. The number of nitrogens with zero attached hydrogens (tertiary/aromatic N) is 2. The maximum Gasteiger partial charge on any atom is 0.254 e. The first kappa shape index (κ1) is 20.5. The second-order valence-corrected chi connectivity index (χ2v) is 6.61. The van der Waals surface area contributed by atoms with Crippen LogP contribution >= 0.6 is 11.8 Å². The fourth-order valence-corrected chi connectivity index (χ4v) is 3.09. The number of terminal acetylenes is 1. The molecular formula is C20H22N4O2S. The lowest BCUT2D eigenvalue weighted by Gasteiger charge is -2.12. The smallest absolute Gasteiger partial charge is 0.254 e. The standard InChI is InChI=1S/C20H22N4O2S/c1-5-12-21-19(26)16-8-6-7-9-17(16)24-18(25)11-10-15-13(2)22-20(27-4)23-14(15)3/h1,6-9H,10-12H2,2-4H3,(H,21,26)(H,24,25). The molecule has 27 heavy (non-hydrogen) atoms. The molecule has 7 heteroatoms. The highest BCUT2D eigenvalue weighted by molar-refractivity contribution is 7.98.